The van der Waals surface area contributed by atoms with Crippen molar-refractivity contribution in [3.63, 3.8) is 0 Å². The van der Waals surface area contributed by atoms with Crippen molar-refractivity contribution in [2.75, 3.05) is 33.9 Å². The first-order valence-electron chi connectivity index (χ1n) is 5.63. The molecule has 1 heterocycles. The third-order valence-electron chi connectivity index (χ3n) is 2.86. The van der Waals surface area contributed by atoms with Gasteiger partial charge < -0.3 is 15.0 Å². The van der Waals surface area contributed by atoms with Crippen LogP contribution in [0.5, 0.6) is 0 Å². The second kappa shape index (κ2) is 6.08. The molecule has 15 heavy (non-hydrogen) atoms. The molecule has 1 rings (SSSR count). The van der Waals surface area contributed by atoms with E-state index in [0.717, 1.165) is 32.6 Å². The maximum absolute atomic E-state index is 11.6. The smallest absolute Gasteiger partial charge is 0.238 e. The zero-order valence-corrected chi connectivity index (χ0v) is 9.95. The highest BCUT2D eigenvalue weighted by Crippen LogP contribution is 2.13. The van der Waals surface area contributed by atoms with Crippen molar-refractivity contribution in [3.8, 4) is 0 Å². The van der Waals surface area contributed by atoms with Crippen LogP contribution in [0.4, 0.5) is 0 Å². The van der Waals surface area contributed by atoms with Crippen LogP contribution in [0.25, 0.3) is 0 Å². The molecule has 0 aromatic carbocycles. The van der Waals surface area contributed by atoms with Crippen LogP contribution >= 0.6 is 0 Å². The molecule has 1 amide bonds. The maximum Gasteiger partial charge on any atom is 0.238 e. The van der Waals surface area contributed by atoms with E-state index in [1.807, 2.05) is 6.92 Å². The van der Waals surface area contributed by atoms with E-state index in [0.29, 0.717) is 5.92 Å². The van der Waals surface area contributed by atoms with Crippen molar-refractivity contribution in [1.29, 1.82) is 0 Å². The van der Waals surface area contributed by atoms with E-state index in [4.69, 9.17) is 4.74 Å². The standard InChI is InChI=1S/C11H22N2O2/c1-9(11(14)13(2)3)12-8-10-4-6-15-7-5-10/h9-10,12H,4-8H2,1-3H3. The number of hydrogen-bond acceptors (Lipinski definition) is 3. The fraction of sp³-hybridized carbons (Fsp3) is 0.909. The molecule has 4 heteroatoms. The summed E-state index contributed by atoms with van der Waals surface area (Å²) < 4.78 is 5.29. The highest BCUT2D eigenvalue weighted by Gasteiger charge is 2.18. The van der Waals surface area contributed by atoms with Crippen LogP contribution in [0.2, 0.25) is 0 Å². The van der Waals surface area contributed by atoms with Crippen LogP contribution in [0.1, 0.15) is 19.8 Å². The summed E-state index contributed by atoms with van der Waals surface area (Å²) >= 11 is 0. The molecule has 0 aromatic rings. The van der Waals surface area contributed by atoms with Gasteiger partial charge in [0.1, 0.15) is 0 Å². The largest absolute Gasteiger partial charge is 0.381 e. The molecule has 88 valence electrons. The monoisotopic (exact) mass is 214 g/mol. The first-order chi connectivity index (χ1) is 7.11. The third-order valence-corrected chi connectivity index (χ3v) is 2.86. The fourth-order valence-electron chi connectivity index (χ4n) is 1.77. The Bertz CT molecular complexity index is 201. The van der Waals surface area contributed by atoms with Gasteiger partial charge in [0, 0.05) is 27.3 Å². The molecule has 1 atom stereocenters. The molecule has 0 spiro atoms. The number of nitrogens with one attached hydrogen (secondary N) is 1. The summed E-state index contributed by atoms with van der Waals surface area (Å²) in [5, 5.41) is 3.29. The molecule has 0 aliphatic carbocycles. The van der Waals surface area contributed by atoms with Gasteiger partial charge in [-0.15, -0.1) is 0 Å². The Kier molecular flexibility index (Phi) is 5.05. The van der Waals surface area contributed by atoms with Gasteiger partial charge in [0.15, 0.2) is 0 Å². The summed E-state index contributed by atoms with van der Waals surface area (Å²) in [5.41, 5.74) is 0. The number of nitrogens with zero attached hydrogens (tertiary/aromatic N) is 1. The number of amides is 1. The topological polar surface area (TPSA) is 41.6 Å². The van der Waals surface area contributed by atoms with Crippen LogP contribution in [0, 0.1) is 5.92 Å². The Morgan fingerprint density at radius 1 is 1.47 bits per heavy atom. The number of carbonyl (C=O) groups is 1. The zero-order chi connectivity index (χ0) is 11.3. The molecule has 1 fully saturated rings. The highest BCUT2D eigenvalue weighted by atomic mass is 16.5. The number of carbonyl (C=O) groups excluding carboxylic acids is 1. The average molecular weight is 214 g/mol. The summed E-state index contributed by atoms with van der Waals surface area (Å²) in [4.78, 5) is 13.2. The number of hydrogen-bond donors (Lipinski definition) is 1. The van der Waals surface area contributed by atoms with Crippen LogP contribution in [0.15, 0.2) is 0 Å². The molecule has 4 nitrogen and oxygen atoms in total. The van der Waals surface area contributed by atoms with Crippen molar-refractivity contribution >= 4 is 5.91 Å². The minimum absolute atomic E-state index is 0.0807. The van der Waals surface area contributed by atoms with E-state index < -0.39 is 0 Å². The number of rotatable bonds is 4. The second-order valence-electron chi connectivity index (χ2n) is 4.42. The Hall–Kier alpha value is -0.610. The predicted molar refractivity (Wildman–Crippen MR) is 59.7 cm³/mol. The molecule has 0 bridgehead atoms. The third kappa shape index (κ3) is 4.18. The lowest BCUT2D eigenvalue weighted by molar-refractivity contribution is -0.130. The molecule has 1 aliphatic rings. The van der Waals surface area contributed by atoms with Crippen LogP contribution in [0.3, 0.4) is 0 Å². The van der Waals surface area contributed by atoms with Crippen LogP contribution in [-0.4, -0.2) is 50.7 Å². The van der Waals surface area contributed by atoms with Crippen molar-refractivity contribution in [3.05, 3.63) is 0 Å². The van der Waals surface area contributed by atoms with E-state index in [1.54, 1.807) is 19.0 Å². The molecule has 0 aromatic heterocycles. The molecular formula is C11H22N2O2. The Morgan fingerprint density at radius 3 is 2.60 bits per heavy atom. The maximum atomic E-state index is 11.6. The summed E-state index contributed by atoms with van der Waals surface area (Å²) in [6.07, 6.45) is 2.21. The fourth-order valence-corrected chi connectivity index (χ4v) is 1.77. The van der Waals surface area contributed by atoms with E-state index in [9.17, 15) is 4.79 Å². The van der Waals surface area contributed by atoms with Crippen molar-refractivity contribution in [2.24, 2.45) is 5.92 Å². The molecule has 1 aliphatic heterocycles. The lowest BCUT2D eigenvalue weighted by Gasteiger charge is -2.25. The number of likely N-dealkylation sites (N-methyl/N-ethyl adjacent to an activating group) is 1. The Labute approximate surface area is 92.0 Å². The van der Waals surface area contributed by atoms with Gasteiger partial charge in [0.05, 0.1) is 6.04 Å². The summed E-state index contributed by atoms with van der Waals surface area (Å²) in [7, 11) is 3.57. The minimum atomic E-state index is -0.0807. The van der Waals surface area contributed by atoms with E-state index in [-0.39, 0.29) is 11.9 Å². The van der Waals surface area contributed by atoms with E-state index in [2.05, 4.69) is 5.32 Å². The van der Waals surface area contributed by atoms with E-state index in [1.165, 1.54) is 0 Å². The normalized spacial score (nSPS) is 19.9. The van der Waals surface area contributed by atoms with Crippen molar-refractivity contribution in [1.82, 2.24) is 10.2 Å². The number of ether oxygens (including phenoxy) is 1. The highest BCUT2D eigenvalue weighted by molar-refractivity contribution is 5.80. The van der Waals surface area contributed by atoms with Gasteiger partial charge in [0.25, 0.3) is 0 Å². The van der Waals surface area contributed by atoms with Gasteiger partial charge in [-0.1, -0.05) is 0 Å². The molecule has 1 unspecified atom stereocenters. The molecular weight excluding hydrogens is 192 g/mol. The summed E-state index contributed by atoms with van der Waals surface area (Å²) in [6, 6.07) is -0.0807. The van der Waals surface area contributed by atoms with Gasteiger partial charge in [-0.25, -0.2) is 0 Å². The second-order valence-corrected chi connectivity index (χ2v) is 4.42. The average Bonchev–Trinajstić information content (AvgIpc) is 2.26. The molecule has 0 saturated carbocycles. The van der Waals surface area contributed by atoms with E-state index >= 15 is 0 Å². The minimum Gasteiger partial charge on any atom is -0.381 e. The van der Waals surface area contributed by atoms with Crippen LogP contribution < -0.4 is 5.32 Å². The van der Waals surface area contributed by atoms with Crippen molar-refractivity contribution in [2.45, 2.75) is 25.8 Å². The van der Waals surface area contributed by atoms with Crippen LogP contribution in [-0.2, 0) is 9.53 Å². The molecule has 0 radical (unpaired) electrons. The predicted octanol–water partition coefficient (Wildman–Crippen LogP) is 0.479. The first-order valence-corrected chi connectivity index (χ1v) is 5.63. The Balaban J connectivity index is 2.20. The zero-order valence-electron chi connectivity index (χ0n) is 9.95. The van der Waals surface area contributed by atoms with Gasteiger partial charge >= 0.3 is 0 Å². The molecule has 1 saturated heterocycles. The SMILES string of the molecule is CC(NCC1CCOCC1)C(=O)N(C)C. The molecule has 1 N–H and O–H groups in total. The first kappa shape index (κ1) is 12.5. The Morgan fingerprint density at radius 2 is 2.07 bits per heavy atom. The van der Waals surface area contributed by atoms with Gasteiger partial charge in [-0.2, -0.15) is 0 Å². The quantitative estimate of drug-likeness (QED) is 0.740. The van der Waals surface area contributed by atoms with Gasteiger partial charge in [-0.3, -0.25) is 4.79 Å². The lowest BCUT2D eigenvalue weighted by Crippen LogP contribution is -2.43. The lowest BCUT2D eigenvalue weighted by atomic mass is 10.00. The van der Waals surface area contributed by atoms with Crippen molar-refractivity contribution < 1.29 is 9.53 Å². The van der Waals surface area contributed by atoms with Gasteiger partial charge in [-0.05, 0) is 32.2 Å². The summed E-state index contributed by atoms with van der Waals surface area (Å²) in [6.45, 7) is 4.57. The van der Waals surface area contributed by atoms with Gasteiger partial charge in [0.2, 0.25) is 5.91 Å². The summed E-state index contributed by atoms with van der Waals surface area (Å²) in [5.74, 6) is 0.804.